The van der Waals surface area contributed by atoms with Crippen LogP contribution in [0.5, 0.6) is 0 Å². The fraction of sp³-hybridized carbons (Fsp3) is 0.286. The number of aromatic nitrogens is 5. The zero-order valence-electron chi connectivity index (χ0n) is 15.8. The van der Waals surface area contributed by atoms with Crippen molar-refractivity contribution in [2.24, 2.45) is 0 Å². The molecule has 28 heavy (non-hydrogen) atoms. The summed E-state index contributed by atoms with van der Waals surface area (Å²) in [5, 5.41) is 4.66. The SMILES string of the molecule is CC(C)c1cccc(N2CCc3[nH]cnc3[C@@H]2c2cc3c(F)cccn3n2)n1. The lowest BCUT2D eigenvalue weighted by Gasteiger charge is -2.35. The molecule has 1 aliphatic rings. The third kappa shape index (κ3) is 2.66. The van der Waals surface area contributed by atoms with Gasteiger partial charge in [0.15, 0.2) is 0 Å². The molecule has 0 unspecified atom stereocenters. The van der Waals surface area contributed by atoms with Crippen molar-refractivity contribution in [3.63, 3.8) is 0 Å². The summed E-state index contributed by atoms with van der Waals surface area (Å²) in [6, 6.07) is 10.8. The maximum absolute atomic E-state index is 14.3. The summed E-state index contributed by atoms with van der Waals surface area (Å²) in [6.07, 6.45) is 4.33. The third-order valence-corrected chi connectivity index (χ3v) is 5.32. The fourth-order valence-electron chi connectivity index (χ4n) is 3.88. The molecule has 0 radical (unpaired) electrons. The van der Waals surface area contributed by atoms with Crippen LogP contribution >= 0.6 is 0 Å². The fourth-order valence-corrected chi connectivity index (χ4v) is 3.88. The van der Waals surface area contributed by atoms with E-state index < -0.39 is 0 Å². The highest BCUT2D eigenvalue weighted by Gasteiger charge is 2.34. The Morgan fingerprint density at radius 1 is 1.21 bits per heavy atom. The Labute approximate surface area is 162 Å². The smallest absolute Gasteiger partial charge is 0.148 e. The van der Waals surface area contributed by atoms with Gasteiger partial charge in [-0.3, -0.25) is 0 Å². The van der Waals surface area contributed by atoms with E-state index >= 15 is 0 Å². The maximum atomic E-state index is 14.3. The Hall–Kier alpha value is -3.22. The Bertz CT molecular complexity index is 1140. The van der Waals surface area contributed by atoms with Gasteiger partial charge in [0.25, 0.3) is 0 Å². The Morgan fingerprint density at radius 2 is 2.11 bits per heavy atom. The molecule has 4 aromatic rings. The van der Waals surface area contributed by atoms with Gasteiger partial charge in [0, 0.05) is 30.6 Å². The van der Waals surface area contributed by atoms with Crippen molar-refractivity contribution < 1.29 is 4.39 Å². The van der Waals surface area contributed by atoms with Crippen LogP contribution in [-0.2, 0) is 6.42 Å². The lowest BCUT2D eigenvalue weighted by molar-refractivity contribution is 0.607. The Kier molecular flexibility index (Phi) is 3.89. The average Bonchev–Trinajstić information content (AvgIpc) is 3.34. The molecule has 5 rings (SSSR count). The van der Waals surface area contributed by atoms with E-state index in [2.05, 4.69) is 33.8 Å². The number of rotatable bonds is 3. The van der Waals surface area contributed by atoms with Crippen LogP contribution < -0.4 is 4.90 Å². The molecule has 5 heterocycles. The minimum atomic E-state index is -0.286. The van der Waals surface area contributed by atoms with Crippen LogP contribution in [0.2, 0.25) is 0 Å². The number of pyridine rings is 2. The number of H-pyrrole nitrogens is 1. The van der Waals surface area contributed by atoms with Crippen LogP contribution in [0.25, 0.3) is 5.52 Å². The molecule has 0 bridgehead atoms. The molecule has 0 aromatic carbocycles. The lowest BCUT2D eigenvalue weighted by Crippen LogP contribution is -2.37. The molecule has 0 aliphatic carbocycles. The Balaban J connectivity index is 1.66. The summed E-state index contributed by atoms with van der Waals surface area (Å²) in [5.74, 6) is 0.946. The van der Waals surface area contributed by atoms with E-state index in [1.165, 1.54) is 6.07 Å². The second-order valence-corrected chi connectivity index (χ2v) is 7.44. The van der Waals surface area contributed by atoms with Crippen LogP contribution in [0.4, 0.5) is 10.2 Å². The molecule has 1 aliphatic heterocycles. The van der Waals surface area contributed by atoms with Gasteiger partial charge in [0.1, 0.15) is 23.2 Å². The molecule has 142 valence electrons. The molecule has 1 N–H and O–H groups in total. The molecule has 0 saturated carbocycles. The van der Waals surface area contributed by atoms with Crippen molar-refractivity contribution in [1.29, 1.82) is 0 Å². The molecule has 0 spiro atoms. The van der Waals surface area contributed by atoms with Crippen molar-refractivity contribution in [1.82, 2.24) is 24.6 Å². The molecule has 7 heteroatoms. The van der Waals surface area contributed by atoms with Gasteiger partial charge in [0.2, 0.25) is 0 Å². The van der Waals surface area contributed by atoms with Crippen molar-refractivity contribution in [2.75, 3.05) is 11.4 Å². The van der Waals surface area contributed by atoms with Crippen molar-refractivity contribution >= 4 is 11.3 Å². The number of aromatic amines is 1. The van der Waals surface area contributed by atoms with Crippen LogP contribution in [0, 0.1) is 5.82 Å². The highest BCUT2D eigenvalue weighted by molar-refractivity contribution is 5.54. The summed E-state index contributed by atoms with van der Waals surface area (Å²) in [7, 11) is 0. The standard InChI is InChI=1S/C21H21FN6/c1-13(2)15-6-3-7-19(25-15)27-10-8-16-20(24-12-23-16)21(27)17-11-18-14(22)5-4-9-28(18)26-17/h3-7,9,11-13,21H,8,10H2,1-2H3,(H,23,24)/t21-/m0/s1. The molecule has 0 fully saturated rings. The van der Waals surface area contributed by atoms with E-state index in [0.29, 0.717) is 11.4 Å². The van der Waals surface area contributed by atoms with Gasteiger partial charge in [-0.15, -0.1) is 0 Å². The van der Waals surface area contributed by atoms with Gasteiger partial charge < -0.3 is 9.88 Å². The van der Waals surface area contributed by atoms with Gasteiger partial charge in [-0.1, -0.05) is 19.9 Å². The number of hydrogen-bond donors (Lipinski definition) is 1. The molecular formula is C21H21FN6. The highest BCUT2D eigenvalue weighted by atomic mass is 19.1. The topological polar surface area (TPSA) is 62.1 Å². The van der Waals surface area contributed by atoms with Crippen LogP contribution in [0.1, 0.15) is 48.6 Å². The van der Waals surface area contributed by atoms with Gasteiger partial charge in [0.05, 0.1) is 17.7 Å². The van der Waals surface area contributed by atoms with E-state index in [4.69, 9.17) is 4.98 Å². The van der Waals surface area contributed by atoms with Crippen molar-refractivity contribution in [3.05, 3.63) is 77.5 Å². The zero-order chi connectivity index (χ0) is 19.3. The zero-order valence-corrected chi connectivity index (χ0v) is 15.8. The first kappa shape index (κ1) is 16.9. The number of imidazole rings is 1. The quantitative estimate of drug-likeness (QED) is 0.590. The second kappa shape index (κ2) is 6.44. The molecular weight excluding hydrogens is 355 g/mol. The molecule has 4 aromatic heterocycles. The first-order chi connectivity index (χ1) is 13.6. The molecule has 1 atom stereocenters. The maximum Gasteiger partial charge on any atom is 0.148 e. The number of nitrogens with zero attached hydrogens (tertiary/aromatic N) is 5. The second-order valence-electron chi connectivity index (χ2n) is 7.44. The number of nitrogens with one attached hydrogen (secondary N) is 1. The van der Waals surface area contributed by atoms with Crippen LogP contribution in [0.15, 0.2) is 48.9 Å². The summed E-state index contributed by atoms with van der Waals surface area (Å²) in [4.78, 5) is 14.9. The predicted octanol–water partition coefficient (Wildman–Crippen LogP) is 3.87. The van der Waals surface area contributed by atoms with E-state index in [1.807, 2.05) is 24.3 Å². The van der Waals surface area contributed by atoms with Crippen molar-refractivity contribution in [3.8, 4) is 0 Å². The first-order valence-electron chi connectivity index (χ1n) is 9.51. The van der Waals surface area contributed by atoms with Gasteiger partial charge in [-0.25, -0.2) is 18.9 Å². The first-order valence-corrected chi connectivity index (χ1v) is 9.51. The minimum Gasteiger partial charge on any atom is -0.348 e. The van der Waals surface area contributed by atoms with E-state index in [1.54, 1.807) is 23.1 Å². The molecule has 0 amide bonds. The normalized spacial score (nSPS) is 16.7. The van der Waals surface area contributed by atoms with E-state index in [0.717, 1.165) is 41.6 Å². The third-order valence-electron chi connectivity index (χ3n) is 5.32. The number of anilines is 1. The van der Waals surface area contributed by atoms with Crippen LogP contribution in [-0.4, -0.2) is 31.1 Å². The lowest BCUT2D eigenvalue weighted by atomic mass is 9.99. The van der Waals surface area contributed by atoms with E-state index in [9.17, 15) is 4.39 Å². The largest absolute Gasteiger partial charge is 0.348 e. The monoisotopic (exact) mass is 376 g/mol. The number of hydrogen-bond acceptors (Lipinski definition) is 4. The van der Waals surface area contributed by atoms with Gasteiger partial charge in [-0.05, 0) is 36.2 Å². The average molecular weight is 376 g/mol. The highest BCUT2D eigenvalue weighted by Crippen LogP contribution is 2.36. The molecule has 6 nitrogen and oxygen atoms in total. The number of fused-ring (bicyclic) bond motifs is 2. The summed E-state index contributed by atoms with van der Waals surface area (Å²) in [5.41, 5.74) is 4.29. The number of halogens is 1. The predicted molar refractivity (Wildman–Crippen MR) is 105 cm³/mol. The van der Waals surface area contributed by atoms with E-state index in [-0.39, 0.29) is 11.9 Å². The van der Waals surface area contributed by atoms with Crippen LogP contribution in [0.3, 0.4) is 0 Å². The van der Waals surface area contributed by atoms with Gasteiger partial charge >= 0.3 is 0 Å². The summed E-state index contributed by atoms with van der Waals surface area (Å²) < 4.78 is 15.8. The summed E-state index contributed by atoms with van der Waals surface area (Å²) in [6.45, 7) is 5.05. The molecule has 0 saturated heterocycles. The van der Waals surface area contributed by atoms with Crippen molar-refractivity contribution in [2.45, 2.75) is 32.2 Å². The summed E-state index contributed by atoms with van der Waals surface area (Å²) >= 11 is 0. The van der Waals surface area contributed by atoms with Gasteiger partial charge in [-0.2, -0.15) is 5.10 Å². The minimum absolute atomic E-state index is 0.218. The Morgan fingerprint density at radius 3 is 2.93 bits per heavy atom.